The molecule has 0 aliphatic heterocycles. The van der Waals surface area contributed by atoms with Crippen LogP contribution in [0.25, 0.3) is 11.1 Å². The van der Waals surface area contributed by atoms with Crippen LogP contribution in [0.2, 0.25) is 0 Å². The summed E-state index contributed by atoms with van der Waals surface area (Å²) in [6, 6.07) is 43.1. The van der Waals surface area contributed by atoms with Crippen LogP contribution < -0.4 is 9.80 Å². The molecule has 0 bridgehead atoms. The van der Waals surface area contributed by atoms with Crippen molar-refractivity contribution in [2.24, 2.45) is 0 Å². The summed E-state index contributed by atoms with van der Waals surface area (Å²) >= 11 is 0. The first-order valence-corrected chi connectivity index (χ1v) is 13.4. The standard InChI is InChI=1S/C38H32N2/c1-29-11-9-17-37(27-29)39(33-13-5-3-6-14-33)35-23-19-31(20-24-35)32-21-25-36(26-22-32)40(34-15-7-4-8-16-34)38-18-10-12-30(2)28-38/h3-28H,1-2H3/i19D,20D,23D,24D. The van der Waals surface area contributed by atoms with Crippen LogP contribution in [0.5, 0.6) is 0 Å². The van der Waals surface area contributed by atoms with Gasteiger partial charge in [-0.15, -0.1) is 0 Å². The van der Waals surface area contributed by atoms with E-state index in [1.54, 1.807) is 4.90 Å². The molecule has 0 aliphatic carbocycles. The molecule has 0 saturated carbocycles. The molecule has 0 fully saturated rings. The average Bonchev–Trinajstić information content (AvgIpc) is 3.04. The summed E-state index contributed by atoms with van der Waals surface area (Å²) in [7, 11) is 0. The first kappa shape index (κ1) is 20.8. The van der Waals surface area contributed by atoms with Crippen LogP contribution in [0.4, 0.5) is 34.1 Å². The van der Waals surface area contributed by atoms with Crippen molar-refractivity contribution in [1.82, 2.24) is 0 Å². The average molecular weight is 521 g/mol. The fraction of sp³-hybridized carbons (Fsp3) is 0.0526. The van der Waals surface area contributed by atoms with Gasteiger partial charge in [-0.05, 0) is 109 Å². The Morgan fingerprint density at radius 2 is 0.800 bits per heavy atom. The maximum absolute atomic E-state index is 9.12. The van der Waals surface area contributed by atoms with E-state index in [0.717, 1.165) is 39.6 Å². The topological polar surface area (TPSA) is 6.48 Å². The highest BCUT2D eigenvalue weighted by molar-refractivity contribution is 5.80. The summed E-state index contributed by atoms with van der Waals surface area (Å²) in [5.41, 5.74) is 7.78. The normalized spacial score (nSPS) is 12.2. The summed E-state index contributed by atoms with van der Waals surface area (Å²) < 4.78 is 36.4. The van der Waals surface area contributed by atoms with Crippen molar-refractivity contribution < 1.29 is 5.48 Å². The molecular formula is C38H32N2. The van der Waals surface area contributed by atoms with Crippen molar-refractivity contribution in [2.75, 3.05) is 9.80 Å². The van der Waals surface area contributed by atoms with Crippen molar-refractivity contribution in [2.45, 2.75) is 13.8 Å². The van der Waals surface area contributed by atoms with E-state index < -0.39 is 0 Å². The maximum Gasteiger partial charge on any atom is 0.0645 e. The molecule has 0 aromatic heterocycles. The first-order chi connectivity index (χ1) is 21.3. The van der Waals surface area contributed by atoms with Gasteiger partial charge in [0.15, 0.2) is 0 Å². The lowest BCUT2D eigenvalue weighted by atomic mass is 10.0. The summed E-state index contributed by atoms with van der Waals surface area (Å²) in [5.74, 6) is 0. The van der Waals surface area contributed by atoms with Crippen LogP contribution in [0.15, 0.2) is 158 Å². The highest BCUT2D eigenvalue weighted by Crippen LogP contribution is 2.38. The van der Waals surface area contributed by atoms with Gasteiger partial charge in [0.2, 0.25) is 0 Å². The van der Waals surface area contributed by atoms with E-state index in [4.69, 9.17) is 5.48 Å². The van der Waals surface area contributed by atoms with E-state index in [-0.39, 0.29) is 35.4 Å². The highest BCUT2D eigenvalue weighted by atomic mass is 15.1. The Balaban J connectivity index is 1.46. The van der Waals surface area contributed by atoms with E-state index in [2.05, 4.69) is 42.2 Å². The molecule has 2 nitrogen and oxygen atoms in total. The Kier molecular flexibility index (Phi) is 5.91. The van der Waals surface area contributed by atoms with E-state index in [1.807, 2.05) is 110 Å². The lowest BCUT2D eigenvalue weighted by Gasteiger charge is -2.26. The minimum absolute atomic E-state index is 0.0825. The van der Waals surface area contributed by atoms with Crippen LogP contribution in [0.1, 0.15) is 16.6 Å². The molecule has 40 heavy (non-hydrogen) atoms. The summed E-state index contributed by atoms with van der Waals surface area (Å²) in [6.07, 6.45) is 0. The largest absolute Gasteiger partial charge is 0.310 e. The van der Waals surface area contributed by atoms with Crippen LogP contribution >= 0.6 is 0 Å². The SMILES string of the molecule is [2H]c1c([2H])c(N(c2ccccc2)c2cccc(C)c2)c([2H])c([2H])c1-c1ccc(N(c2ccccc2)c2cccc(C)c2)cc1. The molecule has 0 radical (unpaired) electrons. The van der Waals surface area contributed by atoms with Crippen molar-refractivity contribution in [3.8, 4) is 11.1 Å². The van der Waals surface area contributed by atoms with Gasteiger partial charge in [0.25, 0.3) is 0 Å². The first-order valence-electron chi connectivity index (χ1n) is 15.4. The second kappa shape index (κ2) is 11.3. The second-order valence-electron chi connectivity index (χ2n) is 9.79. The molecule has 0 atom stereocenters. The monoisotopic (exact) mass is 520 g/mol. The number of para-hydroxylation sites is 2. The summed E-state index contributed by atoms with van der Waals surface area (Å²) in [5, 5.41) is 0. The minimum atomic E-state index is -0.0962. The lowest BCUT2D eigenvalue weighted by molar-refractivity contribution is 1.27. The zero-order valence-corrected chi connectivity index (χ0v) is 22.6. The zero-order chi connectivity index (χ0) is 30.8. The highest BCUT2D eigenvalue weighted by Gasteiger charge is 2.14. The van der Waals surface area contributed by atoms with E-state index in [1.165, 1.54) is 0 Å². The summed E-state index contributed by atoms with van der Waals surface area (Å²) in [6.45, 7) is 4.06. The van der Waals surface area contributed by atoms with Crippen molar-refractivity contribution in [1.29, 1.82) is 0 Å². The third-order valence-corrected chi connectivity index (χ3v) is 6.80. The number of hydrogen-bond acceptors (Lipinski definition) is 2. The van der Waals surface area contributed by atoms with Crippen molar-refractivity contribution in [3.63, 3.8) is 0 Å². The fourth-order valence-corrected chi connectivity index (χ4v) is 4.88. The van der Waals surface area contributed by atoms with Crippen LogP contribution in [0.3, 0.4) is 0 Å². The Hall–Kier alpha value is -5.08. The molecule has 0 spiro atoms. The second-order valence-corrected chi connectivity index (χ2v) is 9.79. The number of rotatable bonds is 7. The fourth-order valence-electron chi connectivity index (χ4n) is 4.88. The Labute approximate surface area is 243 Å². The molecule has 0 heterocycles. The molecule has 6 aromatic rings. The lowest BCUT2D eigenvalue weighted by Crippen LogP contribution is -2.10. The molecule has 194 valence electrons. The van der Waals surface area contributed by atoms with Gasteiger partial charge < -0.3 is 9.80 Å². The number of hydrogen-bond donors (Lipinski definition) is 0. The van der Waals surface area contributed by atoms with Gasteiger partial charge in [-0.1, -0.05) is 84.9 Å². The molecular weight excluding hydrogens is 484 g/mol. The Bertz CT molecular complexity index is 1890. The molecule has 0 unspecified atom stereocenters. The van der Waals surface area contributed by atoms with Gasteiger partial charge in [-0.25, -0.2) is 0 Å². The van der Waals surface area contributed by atoms with Crippen LogP contribution in [-0.4, -0.2) is 0 Å². The maximum atomic E-state index is 9.12. The Morgan fingerprint density at radius 3 is 1.27 bits per heavy atom. The Morgan fingerprint density at radius 1 is 0.375 bits per heavy atom. The molecule has 0 aliphatic rings. The molecule has 2 heteroatoms. The number of anilines is 6. The van der Waals surface area contributed by atoms with E-state index >= 15 is 0 Å². The third kappa shape index (κ3) is 5.39. The van der Waals surface area contributed by atoms with Crippen molar-refractivity contribution in [3.05, 3.63) is 169 Å². The number of nitrogens with zero attached hydrogens (tertiary/aromatic N) is 2. The van der Waals surface area contributed by atoms with Gasteiger partial charge in [0.05, 0.1) is 5.48 Å². The van der Waals surface area contributed by atoms with Crippen LogP contribution in [-0.2, 0) is 0 Å². The smallest absolute Gasteiger partial charge is 0.0645 e. The predicted octanol–water partition coefficient (Wildman–Crippen LogP) is 10.9. The van der Waals surface area contributed by atoms with Gasteiger partial charge >= 0.3 is 0 Å². The minimum Gasteiger partial charge on any atom is -0.310 e. The number of aryl methyl sites for hydroxylation is 2. The molecule has 0 N–H and O–H groups in total. The van der Waals surface area contributed by atoms with Gasteiger partial charge in [0, 0.05) is 34.1 Å². The van der Waals surface area contributed by atoms with Crippen LogP contribution in [0, 0.1) is 13.8 Å². The molecule has 0 saturated heterocycles. The summed E-state index contributed by atoms with van der Waals surface area (Å²) in [4.78, 5) is 3.97. The van der Waals surface area contributed by atoms with Gasteiger partial charge in [-0.3, -0.25) is 0 Å². The predicted molar refractivity (Wildman–Crippen MR) is 171 cm³/mol. The van der Waals surface area contributed by atoms with Gasteiger partial charge in [-0.2, -0.15) is 0 Å². The van der Waals surface area contributed by atoms with Gasteiger partial charge in [0.1, 0.15) is 0 Å². The molecule has 0 amide bonds. The van der Waals surface area contributed by atoms with Crippen molar-refractivity contribution >= 4 is 34.1 Å². The van der Waals surface area contributed by atoms with E-state index in [9.17, 15) is 0 Å². The molecule has 6 rings (SSSR count). The third-order valence-electron chi connectivity index (χ3n) is 6.80. The molecule has 6 aromatic carbocycles. The zero-order valence-electron chi connectivity index (χ0n) is 26.6. The quantitative estimate of drug-likeness (QED) is 0.206. The number of benzene rings is 6. The van der Waals surface area contributed by atoms with E-state index in [0.29, 0.717) is 5.56 Å².